The minimum absolute atomic E-state index is 0.194. The van der Waals surface area contributed by atoms with Crippen LogP contribution in [0.1, 0.15) is 73.3 Å². The van der Waals surface area contributed by atoms with Gasteiger partial charge in [-0.1, -0.05) is 64.1 Å². The number of hydrogen-bond donors (Lipinski definition) is 0. The van der Waals surface area contributed by atoms with E-state index in [1.54, 1.807) is 11.3 Å². The SMILES string of the molecule is CCC(C)c1ccccc1N=Cc1ccc(C=Nc2ccccc2C(C)CC)s1.[Cl][Fe][Cl]. The molecule has 3 aromatic rings. The molecule has 0 spiro atoms. The predicted octanol–water partition coefficient (Wildman–Crippen LogP) is 9.65. The summed E-state index contributed by atoms with van der Waals surface area (Å²) >= 11 is 1.91. The van der Waals surface area contributed by atoms with E-state index < -0.39 is 0 Å². The fourth-order valence-corrected chi connectivity index (χ4v) is 4.01. The van der Waals surface area contributed by atoms with Crippen LogP contribution in [0.25, 0.3) is 0 Å². The third-order valence-corrected chi connectivity index (χ3v) is 6.42. The maximum absolute atomic E-state index is 4.77. The fourth-order valence-electron chi connectivity index (χ4n) is 3.26. The van der Waals surface area contributed by atoms with Gasteiger partial charge in [-0.05, 0) is 60.1 Å². The average molecular weight is 529 g/mol. The van der Waals surface area contributed by atoms with Crippen LogP contribution in [0, 0.1) is 0 Å². The van der Waals surface area contributed by atoms with Crippen LogP contribution in [0.2, 0.25) is 0 Å². The first-order chi connectivity index (χ1) is 15.5. The molecule has 2 unspecified atom stereocenters. The number of rotatable bonds is 8. The zero-order chi connectivity index (χ0) is 23.3. The summed E-state index contributed by atoms with van der Waals surface area (Å²) in [6.07, 6.45) is 6.17. The molecule has 0 radical (unpaired) electrons. The van der Waals surface area contributed by atoms with E-state index in [0.717, 1.165) is 34.0 Å². The van der Waals surface area contributed by atoms with Gasteiger partial charge in [0.2, 0.25) is 0 Å². The molecule has 0 amide bonds. The van der Waals surface area contributed by atoms with E-state index in [1.807, 2.05) is 12.4 Å². The molecule has 1 aromatic heterocycles. The second-order valence-corrected chi connectivity index (χ2v) is 10.5. The van der Waals surface area contributed by atoms with Crippen molar-refractivity contribution in [1.82, 2.24) is 0 Å². The summed E-state index contributed by atoms with van der Waals surface area (Å²) in [5.41, 5.74) is 4.75. The monoisotopic (exact) mass is 528 g/mol. The van der Waals surface area contributed by atoms with E-state index in [1.165, 1.54) is 11.1 Å². The van der Waals surface area contributed by atoms with Crippen LogP contribution in [0.3, 0.4) is 0 Å². The van der Waals surface area contributed by atoms with Gasteiger partial charge in [-0.15, -0.1) is 11.3 Å². The Kier molecular flexibility index (Phi) is 12.3. The van der Waals surface area contributed by atoms with Gasteiger partial charge in [-0.3, -0.25) is 9.98 Å². The number of aliphatic imine (C=N–C) groups is 2. The number of hydrogen-bond acceptors (Lipinski definition) is 3. The summed E-state index contributed by atoms with van der Waals surface area (Å²) in [5, 5.41) is 0. The Morgan fingerprint density at radius 3 is 1.50 bits per heavy atom. The first-order valence-corrected chi connectivity index (χ1v) is 14.6. The first-order valence-electron chi connectivity index (χ1n) is 10.7. The number of thiophene rings is 1. The molecule has 0 aliphatic heterocycles. The van der Waals surface area contributed by atoms with Crippen LogP contribution < -0.4 is 0 Å². The summed E-state index contributed by atoms with van der Waals surface area (Å²) in [5.74, 6) is 1.03. The summed E-state index contributed by atoms with van der Waals surface area (Å²) in [7, 11) is 9.53. The molecule has 0 bridgehead atoms. The Morgan fingerprint density at radius 1 is 0.750 bits per heavy atom. The molecule has 172 valence electrons. The average Bonchev–Trinajstić information content (AvgIpc) is 3.29. The molecule has 2 nitrogen and oxygen atoms in total. The third-order valence-electron chi connectivity index (χ3n) is 5.47. The Balaban J connectivity index is 0.00000114. The second kappa shape index (κ2) is 14.7. The van der Waals surface area contributed by atoms with Crippen molar-refractivity contribution < 1.29 is 13.1 Å². The van der Waals surface area contributed by atoms with E-state index >= 15 is 0 Å². The van der Waals surface area contributed by atoms with Crippen molar-refractivity contribution in [3.05, 3.63) is 81.5 Å². The van der Waals surface area contributed by atoms with Gasteiger partial charge in [0, 0.05) is 22.2 Å². The van der Waals surface area contributed by atoms with E-state index in [-0.39, 0.29) is 13.1 Å². The van der Waals surface area contributed by atoms with Crippen molar-refractivity contribution in [3.8, 4) is 0 Å². The summed E-state index contributed by atoms with van der Waals surface area (Å²) < 4.78 is 0. The van der Waals surface area contributed by atoms with Gasteiger partial charge in [0.05, 0.1) is 11.4 Å². The zero-order valence-electron chi connectivity index (χ0n) is 18.9. The molecule has 0 saturated heterocycles. The van der Waals surface area contributed by atoms with E-state index in [0.29, 0.717) is 11.8 Å². The Hall–Kier alpha value is -1.42. The van der Waals surface area contributed by atoms with Crippen molar-refractivity contribution in [2.75, 3.05) is 0 Å². The van der Waals surface area contributed by atoms with Gasteiger partial charge < -0.3 is 0 Å². The number of benzene rings is 2. The van der Waals surface area contributed by atoms with E-state index in [4.69, 9.17) is 30.2 Å². The molecule has 2 aromatic carbocycles. The molecule has 0 aliphatic carbocycles. The standard InChI is InChI=1S/C26H30N2S.2ClH.Fe/c1-5-19(3)23-11-7-9-13-25(23)27-17-21-15-16-22(29-21)18-28-26-14-10-8-12-24(26)20(4)6-2;;;/h7-20H,5-6H2,1-4H3;2*1H;/q;;;+2/p-2. The molecular weight excluding hydrogens is 499 g/mol. The third kappa shape index (κ3) is 8.17. The van der Waals surface area contributed by atoms with Crippen molar-refractivity contribution in [1.29, 1.82) is 0 Å². The molecule has 2 atom stereocenters. The van der Waals surface area contributed by atoms with Crippen molar-refractivity contribution in [2.45, 2.75) is 52.4 Å². The fraction of sp³-hybridized carbons (Fsp3) is 0.308. The van der Waals surface area contributed by atoms with Gasteiger partial charge in [0.15, 0.2) is 0 Å². The summed E-state index contributed by atoms with van der Waals surface area (Å²) in [6.45, 7) is 8.95. The van der Waals surface area contributed by atoms with Crippen LogP contribution in [0.4, 0.5) is 11.4 Å². The van der Waals surface area contributed by atoms with E-state index in [2.05, 4.69) is 88.4 Å². The molecule has 3 rings (SSSR count). The summed E-state index contributed by atoms with van der Waals surface area (Å²) in [4.78, 5) is 11.8. The first kappa shape index (κ1) is 26.8. The van der Waals surface area contributed by atoms with Crippen LogP contribution in [0.5, 0.6) is 0 Å². The molecule has 0 N–H and O–H groups in total. The topological polar surface area (TPSA) is 24.7 Å². The van der Waals surface area contributed by atoms with Crippen molar-refractivity contribution >= 4 is 55.3 Å². The van der Waals surface area contributed by atoms with Crippen molar-refractivity contribution in [3.63, 3.8) is 0 Å². The van der Waals surface area contributed by atoms with Gasteiger partial charge in [0.1, 0.15) is 0 Å². The molecular formula is C26H30Cl2FeN2S. The van der Waals surface area contributed by atoms with Crippen LogP contribution in [-0.2, 0) is 13.1 Å². The number of nitrogens with zero attached hydrogens (tertiary/aromatic N) is 2. The molecule has 6 heteroatoms. The van der Waals surface area contributed by atoms with Gasteiger partial charge in [-0.25, -0.2) is 0 Å². The number of para-hydroxylation sites is 2. The quantitative estimate of drug-likeness (QED) is 0.205. The zero-order valence-corrected chi connectivity index (χ0v) is 22.3. The molecule has 0 saturated carbocycles. The van der Waals surface area contributed by atoms with Crippen LogP contribution >= 0.6 is 31.5 Å². The Labute approximate surface area is 211 Å². The molecule has 0 aliphatic rings. The van der Waals surface area contributed by atoms with Gasteiger partial charge in [-0.2, -0.15) is 0 Å². The van der Waals surface area contributed by atoms with E-state index in [9.17, 15) is 0 Å². The molecule has 0 fully saturated rings. The van der Waals surface area contributed by atoms with Crippen LogP contribution in [-0.4, -0.2) is 12.4 Å². The Morgan fingerprint density at radius 2 is 1.12 bits per heavy atom. The molecule has 32 heavy (non-hydrogen) atoms. The van der Waals surface area contributed by atoms with Crippen molar-refractivity contribution in [2.24, 2.45) is 9.98 Å². The van der Waals surface area contributed by atoms with Crippen LogP contribution in [0.15, 0.2) is 70.6 Å². The van der Waals surface area contributed by atoms with Gasteiger partial charge in [0.25, 0.3) is 0 Å². The normalized spacial score (nSPS) is 13.3. The minimum atomic E-state index is 0.194. The Bertz CT molecular complexity index is 938. The molecule has 1 heterocycles. The summed E-state index contributed by atoms with van der Waals surface area (Å²) in [6, 6.07) is 21.1. The maximum atomic E-state index is 4.77. The number of halogens is 2. The second-order valence-electron chi connectivity index (χ2n) is 7.54. The predicted molar refractivity (Wildman–Crippen MR) is 141 cm³/mol. The van der Waals surface area contributed by atoms with Gasteiger partial charge >= 0.3 is 33.3 Å².